The van der Waals surface area contributed by atoms with Gasteiger partial charge in [0.1, 0.15) is 12.1 Å². The Morgan fingerprint density at radius 1 is 0.897 bits per heavy atom. The van der Waals surface area contributed by atoms with Crippen molar-refractivity contribution in [1.82, 2.24) is 10.2 Å². The second-order valence-electron chi connectivity index (χ2n) is 10.5. The van der Waals surface area contributed by atoms with Crippen LogP contribution in [0.25, 0.3) is 0 Å². The van der Waals surface area contributed by atoms with Gasteiger partial charge in [0.25, 0.3) is 5.91 Å². The van der Waals surface area contributed by atoms with Crippen molar-refractivity contribution >= 4 is 35.0 Å². The molecule has 0 unspecified atom stereocenters. The molecule has 39 heavy (non-hydrogen) atoms. The normalized spacial score (nSPS) is 25.4. The molecule has 0 aliphatic carbocycles. The van der Waals surface area contributed by atoms with Crippen LogP contribution in [0.1, 0.15) is 30.0 Å². The lowest BCUT2D eigenvalue weighted by atomic mass is 9.76. The Kier molecular flexibility index (Phi) is 6.07. The van der Waals surface area contributed by atoms with Crippen LogP contribution >= 0.6 is 0 Å². The highest BCUT2D eigenvalue weighted by molar-refractivity contribution is 6.17. The molecule has 0 bridgehead atoms. The number of amides is 4. The van der Waals surface area contributed by atoms with E-state index in [1.807, 2.05) is 86.6 Å². The molecule has 3 aromatic carbocycles. The molecule has 0 aromatic heterocycles. The number of anilines is 2. The molecule has 3 aliphatic rings. The number of benzene rings is 3. The van der Waals surface area contributed by atoms with E-state index in [0.29, 0.717) is 23.4 Å². The highest BCUT2D eigenvalue weighted by atomic mass is 16.2. The maximum absolute atomic E-state index is 14.3. The van der Waals surface area contributed by atoms with Gasteiger partial charge < -0.3 is 10.2 Å². The van der Waals surface area contributed by atoms with E-state index in [2.05, 4.69) is 10.6 Å². The number of nitrogens with zero attached hydrogens (tertiary/aromatic N) is 2. The van der Waals surface area contributed by atoms with Crippen LogP contribution in [0, 0.1) is 18.8 Å². The number of carbonyl (C=O) groups is 4. The highest BCUT2D eigenvalue weighted by Crippen LogP contribution is 2.55. The summed E-state index contributed by atoms with van der Waals surface area (Å²) in [7, 11) is 0. The SMILES string of the molecule is CC[C@@H]1N[C@]2(C(=O)N(CC(=O)Nc3ccc(C)cc3)c3ccccc32)[C@H]2C(=O)N(Cc3ccccc3)C(=O)[C@H]12. The van der Waals surface area contributed by atoms with E-state index in [1.54, 1.807) is 6.07 Å². The first-order chi connectivity index (χ1) is 18.8. The lowest BCUT2D eigenvalue weighted by Crippen LogP contribution is -2.55. The zero-order valence-electron chi connectivity index (χ0n) is 21.9. The molecule has 4 amide bonds. The fourth-order valence-electron chi connectivity index (χ4n) is 6.42. The number of fused-ring (bicyclic) bond motifs is 4. The topological polar surface area (TPSA) is 98.8 Å². The highest BCUT2D eigenvalue weighted by Gasteiger charge is 2.71. The Balaban J connectivity index is 1.35. The Bertz CT molecular complexity index is 1470. The average Bonchev–Trinajstić information content (AvgIpc) is 3.51. The van der Waals surface area contributed by atoms with Crippen LogP contribution in [0.4, 0.5) is 11.4 Å². The average molecular weight is 523 g/mol. The van der Waals surface area contributed by atoms with Gasteiger partial charge >= 0.3 is 0 Å². The van der Waals surface area contributed by atoms with E-state index in [9.17, 15) is 19.2 Å². The van der Waals surface area contributed by atoms with Crippen LogP contribution in [0.3, 0.4) is 0 Å². The molecular weight excluding hydrogens is 492 g/mol. The first-order valence-electron chi connectivity index (χ1n) is 13.3. The largest absolute Gasteiger partial charge is 0.325 e. The van der Waals surface area contributed by atoms with Crippen molar-refractivity contribution in [2.75, 3.05) is 16.8 Å². The van der Waals surface area contributed by atoms with Gasteiger partial charge in [-0.2, -0.15) is 0 Å². The number of likely N-dealkylation sites (tertiary alicyclic amines) is 1. The Labute approximate surface area is 227 Å². The number of imide groups is 1. The fourth-order valence-corrected chi connectivity index (χ4v) is 6.42. The summed E-state index contributed by atoms with van der Waals surface area (Å²) in [6.45, 7) is 3.86. The third-order valence-corrected chi connectivity index (χ3v) is 8.22. The molecule has 3 aliphatic heterocycles. The Morgan fingerprint density at radius 3 is 2.31 bits per heavy atom. The summed E-state index contributed by atoms with van der Waals surface area (Å²) in [5, 5.41) is 6.30. The molecule has 0 saturated carbocycles. The lowest BCUT2D eigenvalue weighted by Gasteiger charge is -2.30. The van der Waals surface area contributed by atoms with Crippen LogP contribution < -0.4 is 15.5 Å². The maximum Gasteiger partial charge on any atom is 0.253 e. The molecule has 2 saturated heterocycles. The summed E-state index contributed by atoms with van der Waals surface area (Å²) in [6, 6.07) is 23.7. The Morgan fingerprint density at radius 2 is 1.59 bits per heavy atom. The second kappa shape index (κ2) is 9.47. The molecule has 3 aromatic rings. The third kappa shape index (κ3) is 3.86. The van der Waals surface area contributed by atoms with Crippen molar-refractivity contribution < 1.29 is 19.2 Å². The van der Waals surface area contributed by atoms with Crippen LogP contribution in [-0.2, 0) is 31.3 Å². The molecule has 3 heterocycles. The quantitative estimate of drug-likeness (QED) is 0.484. The number of hydrogen-bond acceptors (Lipinski definition) is 5. The van der Waals surface area contributed by atoms with Crippen molar-refractivity contribution in [3.63, 3.8) is 0 Å². The van der Waals surface area contributed by atoms with Crippen molar-refractivity contribution in [3.8, 4) is 0 Å². The standard InChI is InChI=1S/C31H30N4O4/c1-3-23-26-27(29(38)35(28(26)37)17-20-9-5-4-6-10-20)31(33-23)22-11-7-8-12-24(22)34(30(31)39)18-25(36)32-21-15-13-19(2)14-16-21/h4-16,23,26-27,33H,3,17-18H2,1-2H3,(H,32,36)/t23-,26+,27+,31-/m0/s1. The minimum absolute atomic E-state index is 0.163. The second-order valence-corrected chi connectivity index (χ2v) is 10.5. The third-order valence-electron chi connectivity index (χ3n) is 8.22. The van der Waals surface area contributed by atoms with Gasteiger partial charge in [0.05, 0.1) is 18.4 Å². The maximum atomic E-state index is 14.3. The number of aryl methyl sites for hydroxylation is 1. The van der Waals surface area contributed by atoms with E-state index >= 15 is 0 Å². The molecule has 1 spiro atoms. The number of rotatable bonds is 6. The summed E-state index contributed by atoms with van der Waals surface area (Å²) >= 11 is 0. The summed E-state index contributed by atoms with van der Waals surface area (Å²) in [6.07, 6.45) is 0.574. The van der Waals surface area contributed by atoms with E-state index in [4.69, 9.17) is 0 Å². The van der Waals surface area contributed by atoms with Crippen molar-refractivity contribution in [1.29, 1.82) is 0 Å². The molecule has 2 fully saturated rings. The molecular formula is C31H30N4O4. The predicted octanol–water partition coefficient (Wildman–Crippen LogP) is 3.36. The predicted molar refractivity (Wildman–Crippen MR) is 146 cm³/mol. The molecule has 8 heteroatoms. The molecule has 198 valence electrons. The van der Waals surface area contributed by atoms with Crippen molar-refractivity contribution in [2.24, 2.45) is 11.8 Å². The monoisotopic (exact) mass is 522 g/mol. The van der Waals surface area contributed by atoms with Gasteiger partial charge in [-0.1, -0.05) is 73.2 Å². The summed E-state index contributed by atoms with van der Waals surface area (Å²) in [4.78, 5) is 57.9. The summed E-state index contributed by atoms with van der Waals surface area (Å²) in [5.41, 5.74) is 2.35. The van der Waals surface area contributed by atoms with Crippen LogP contribution in [-0.4, -0.2) is 41.1 Å². The van der Waals surface area contributed by atoms with E-state index < -0.39 is 17.4 Å². The number of hydrogen-bond donors (Lipinski definition) is 2. The fraction of sp³-hybridized carbons (Fsp3) is 0.290. The molecule has 6 rings (SSSR count). The van der Waals surface area contributed by atoms with Gasteiger partial charge in [0.15, 0.2) is 0 Å². The molecule has 4 atom stereocenters. The summed E-state index contributed by atoms with van der Waals surface area (Å²) < 4.78 is 0. The first kappa shape index (κ1) is 25.0. The van der Waals surface area contributed by atoms with Gasteiger partial charge in [-0.05, 0) is 37.1 Å². The van der Waals surface area contributed by atoms with Gasteiger partial charge in [-0.3, -0.25) is 29.4 Å². The van der Waals surface area contributed by atoms with E-state index in [-0.39, 0.29) is 42.8 Å². The number of carbonyl (C=O) groups excluding carboxylic acids is 4. The zero-order chi connectivity index (χ0) is 27.3. The summed E-state index contributed by atoms with van der Waals surface area (Å²) in [5.74, 6) is -2.89. The van der Waals surface area contributed by atoms with Gasteiger partial charge in [0, 0.05) is 23.0 Å². The van der Waals surface area contributed by atoms with Gasteiger partial charge in [0.2, 0.25) is 17.7 Å². The van der Waals surface area contributed by atoms with E-state index in [0.717, 1.165) is 11.1 Å². The number of nitrogens with one attached hydrogen (secondary N) is 2. The molecule has 0 radical (unpaired) electrons. The smallest absolute Gasteiger partial charge is 0.253 e. The molecule has 8 nitrogen and oxygen atoms in total. The van der Waals surface area contributed by atoms with Gasteiger partial charge in [-0.15, -0.1) is 0 Å². The Hall–Kier alpha value is -4.30. The van der Waals surface area contributed by atoms with Gasteiger partial charge in [-0.25, -0.2) is 0 Å². The zero-order valence-corrected chi connectivity index (χ0v) is 21.9. The molecule has 2 N–H and O–H groups in total. The lowest BCUT2D eigenvalue weighted by molar-refractivity contribution is -0.143. The first-order valence-corrected chi connectivity index (χ1v) is 13.3. The van der Waals surface area contributed by atoms with Crippen LogP contribution in [0.5, 0.6) is 0 Å². The van der Waals surface area contributed by atoms with Crippen LogP contribution in [0.2, 0.25) is 0 Å². The van der Waals surface area contributed by atoms with Crippen LogP contribution in [0.15, 0.2) is 78.9 Å². The van der Waals surface area contributed by atoms with E-state index in [1.165, 1.54) is 9.80 Å². The number of para-hydroxylation sites is 1. The minimum atomic E-state index is -1.41. The van der Waals surface area contributed by atoms with Crippen molar-refractivity contribution in [3.05, 3.63) is 95.6 Å². The minimum Gasteiger partial charge on any atom is -0.325 e. The van der Waals surface area contributed by atoms with Crippen molar-refractivity contribution in [2.45, 2.75) is 38.4 Å².